The Morgan fingerprint density at radius 1 is 1.44 bits per heavy atom. The molecule has 0 saturated heterocycles. The normalized spacial score (nSPS) is 8.89. The monoisotopic (exact) mass is 126 g/mol. The molecule has 0 radical (unpaired) electrons. The molecule has 0 spiro atoms. The number of aromatic nitrogens is 4. The van der Waals surface area contributed by atoms with Crippen molar-refractivity contribution in [1.29, 1.82) is 0 Å². The van der Waals surface area contributed by atoms with Gasteiger partial charge in [-0.2, -0.15) is 4.68 Å². The Labute approximate surface area is 49.5 Å². The van der Waals surface area contributed by atoms with Gasteiger partial charge in [0.2, 0.25) is 12.2 Å². The van der Waals surface area contributed by atoms with Gasteiger partial charge in [0.1, 0.15) is 0 Å². The molecule has 6 heteroatoms. The van der Waals surface area contributed by atoms with Crippen molar-refractivity contribution in [1.82, 2.24) is 20.2 Å². The van der Waals surface area contributed by atoms with Crippen molar-refractivity contribution < 1.29 is 9.59 Å². The van der Waals surface area contributed by atoms with Gasteiger partial charge in [-0.05, 0) is 10.4 Å². The van der Waals surface area contributed by atoms with E-state index in [1.165, 1.54) is 0 Å². The summed E-state index contributed by atoms with van der Waals surface area (Å²) in [6.45, 7) is 0. The Kier molecular flexibility index (Phi) is 1.31. The van der Waals surface area contributed by atoms with Crippen molar-refractivity contribution in [2.75, 3.05) is 0 Å². The summed E-state index contributed by atoms with van der Waals surface area (Å²) in [6, 6.07) is 0. The second kappa shape index (κ2) is 2.12. The van der Waals surface area contributed by atoms with Crippen molar-refractivity contribution >= 4 is 12.7 Å². The van der Waals surface area contributed by atoms with E-state index in [-0.39, 0.29) is 5.82 Å². The van der Waals surface area contributed by atoms with Gasteiger partial charge >= 0.3 is 0 Å². The molecule has 0 amide bonds. The van der Waals surface area contributed by atoms with Crippen LogP contribution in [-0.2, 0) is 4.79 Å². The van der Waals surface area contributed by atoms with Gasteiger partial charge in [0, 0.05) is 0 Å². The molecule has 0 atom stereocenters. The first-order chi connectivity index (χ1) is 4.38. The van der Waals surface area contributed by atoms with E-state index in [2.05, 4.69) is 15.5 Å². The number of tetrazole rings is 1. The van der Waals surface area contributed by atoms with E-state index >= 15 is 0 Å². The number of nitrogens with zero attached hydrogens (tertiary/aromatic N) is 4. The zero-order chi connectivity index (χ0) is 6.69. The predicted octanol–water partition coefficient (Wildman–Crippen LogP) is -1.48. The number of aldehydes is 1. The zero-order valence-corrected chi connectivity index (χ0v) is 4.26. The summed E-state index contributed by atoms with van der Waals surface area (Å²) in [4.78, 5) is 19.8. The smallest absolute Gasteiger partial charge is 0.237 e. The summed E-state index contributed by atoms with van der Waals surface area (Å²) < 4.78 is 0.743. The second-order valence-electron chi connectivity index (χ2n) is 1.20. The fourth-order valence-electron chi connectivity index (χ4n) is 0.353. The van der Waals surface area contributed by atoms with Crippen molar-refractivity contribution in [2.24, 2.45) is 0 Å². The minimum Gasteiger partial charge on any atom is -0.294 e. The van der Waals surface area contributed by atoms with Gasteiger partial charge in [-0.25, -0.2) is 0 Å². The molecule has 0 aliphatic rings. The van der Waals surface area contributed by atoms with Crippen molar-refractivity contribution in [3.8, 4) is 0 Å². The Balaban J connectivity index is 3.12. The van der Waals surface area contributed by atoms with Crippen molar-refractivity contribution in [3.63, 3.8) is 0 Å². The first kappa shape index (κ1) is 5.54. The molecule has 0 unspecified atom stereocenters. The molecule has 0 fully saturated rings. The molecule has 46 valence electrons. The molecule has 9 heavy (non-hydrogen) atoms. The Hall–Kier alpha value is -1.59. The molecular weight excluding hydrogens is 124 g/mol. The molecule has 0 bridgehead atoms. The molecule has 0 aliphatic carbocycles. The molecule has 1 aromatic heterocycles. The Bertz CT molecular complexity index is 207. The molecule has 1 aromatic rings. The highest BCUT2D eigenvalue weighted by Crippen LogP contribution is 1.78. The third-order valence-corrected chi connectivity index (χ3v) is 0.724. The fourth-order valence-corrected chi connectivity index (χ4v) is 0.353. The summed E-state index contributed by atoms with van der Waals surface area (Å²) in [6.07, 6.45) is 0.748. The van der Waals surface area contributed by atoms with E-state index < -0.39 is 0 Å². The van der Waals surface area contributed by atoms with Crippen LogP contribution in [0.5, 0.6) is 0 Å². The van der Waals surface area contributed by atoms with Gasteiger partial charge in [0.15, 0.2) is 6.29 Å². The molecule has 1 heterocycles. The standard InChI is InChI=1S/C3H2N4O2/c8-1-3-4-5-6-7(3)2-9/h1-2H. The lowest BCUT2D eigenvalue weighted by Crippen LogP contribution is -2.02. The van der Waals surface area contributed by atoms with E-state index in [9.17, 15) is 9.59 Å². The second-order valence-corrected chi connectivity index (χ2v) is 1.20. The van der Waals surface area contributed by atoms with E-state index in [1.807, 2.05) is 0 Å². The van der Waals surface area contributed by atoms with Gasteiger partial charge in [-0.15, -0.1) is 5.10 Å². The van der Waals surface area contributed by atoms with Crippen LogP contribution in [0.4, 0.5) is 0 Å². The summed E-state index contributed by atoms with van der Waals surface area (Å²) in [5, 5.41) is 9.43. The molecule has 0 saturated carbocycles. The molecule has 0 N–H and O–H groups in total. The van der Waals surface area contributed by atoms with Crippen molar-refractivity contribution in [3.05, 3.63) is 5.82 Å². The van der Waals surface area contributed by atoms with Crippen LogP contribution >= 0.6 is 0 Å². The predicted molar refractivity (Wildman–Crippen MR) is 25.4 cm³/mol. The quantitative estimate of drug-likeness (QED) is 0.357. The highest BCUT2D eigenvalue weighted by atomic mass is 16.1. The maximum absolute atomic E-state index is 9.93. The highest BCUT2D eigenvalue weighted by molar-refractivity contribution is 5.72. The van der Waals surface area contributed by atoms with Gasteiger partial charge in [-0.3, -0.25) is 9.59 Å². The van der Waals surface area contributed by atoms with Crippen LogP contribution in [0.2, 0.25) is 0 Å². The molecule has 1 rings (SSSR count). The lowest BCUT2D eigenvalue weighted by atomic mass is 10.7. The topological polar surface area (TPSA) is 77.7 Å². The number of hydrogen-bond donors (Lipinski definition) is 0. The molecular formula is C3H2N4O2. The number of hydrogen-bond acceptors (Lipinski definition) is 5. The molecule has 0 aromatic carbocycles. The van der Waals surface area contributed by atoms with E-state index in [1.54, 1.807) is 0 Å². The first-order valence-electron chi connectivity index (χ1n) is 2.07. The van der Waals surface area contributed by atoms with E-state index in [0.717, 1.165) is 4.68 Å². The number of carbonyl (C=O) groups excluding carboxylic acids is 2. The van der Waals surface area contributed by atoms with Gasteiger partial charge in [-0.1, -0.05) is 0 Å². The van der Waals surface area contributed by atoms with Crippen LogP contribution in [0.15, 0.2) is 0 Å². The number of carbonyl (C=O) groups is 2. The first-order valence-corrected chi connectivity index (χ1v) is 2.07. The zero-order valence-electron chi connectivity index (χ0n) is 4.26. The summed E-state index contributed by atoms with van der Waals surface area (Å²) >= 11 is 0. The van der Waals surface area contributed by atoms with Crippen molar-refractivity contribution in [2.45, 2.75) is 0 Å². The van der Waals surface area contributed by atoms with E-state index in [0.29, 0.717) is 12.7 Å². The van der Waals surface area contributed by atoms with Gasteiger partial charge in [0.05, 0.1) is 0 Å². The average molecular weight is 126 g/mol. The van der Waals surface area contributed by atoms with Gasteiger partial charge in [0.25, 0.3) is 0 Å². The largest absolute Gasteiger partial charge is 0.294 e. The minimum absolute atomic E-state index is 0.0926. The lowest BCUT2D eigenvalue weighted by Gasteiger charge is -1.79. The van der Waals surface area contributed by atoms with Gasteiger partial charge < -0.3 is 0 Å². The Morgan fingerprint density at radius 2 is 2.22 bits per heavy atom. The third kappa shape index (κ3) is 0.809. The third-order valence-electron chi connectivity index (χ3n) is 0.724. The van der Waals surface area contributed by atoms with Crippen LogP contribution < -0.4 is 0 Å². The highest BCUT2D eigenvalue weighted by Gasteiger charge is 1.99. The van der Waals surface area contributed by atoms with Crippen LogP contribution in [-0.4, -0.2) is 32.9 Å². The minimum atomic E-state index is -0.0926. The van der Waals surface area contributed by atoms with Crippen LogP contribution in [0.1, 0.15) is 10.6 Å². The summed E-state index contributed by atoms with van der Waals surface area (Å²) in [5.41, 5.74) is 0. The maximum Gasteiger partial charge on any atom is 0.237 e. The maximum atomic E-state index is 9.93. The molecule has 0 aliphatic heterocycles. The van der Waals surface area contributed by atoms with Crippen LogP contribution in [0.25, 0.3) is 0 Å². The fraction of sp³-hybridized carbons (Fsp3) is 0. The number of rotatable bonds is 2. The summed E-state index contributed by atoms with van der Waals surface area (Å²) in [5.74, 6) is -0.0926. The molecule has 6 nitrogen and oxygen atoms in total. The Morgan fingerprint density at radius 3 is 2.67 bits per heavy atom. The average Bonchev–Trinajstić information content (AvgIpc) is 2.33. The van der Waals surface area contributed by atoms with Crippen LogP contribution in [0.3, 0.4) is 0 Å². The SMILES string of the molecule is O=Cc1nnnn1C=O. The lowest BCUT2D eigenvalue weighted by molar-refractivity contribution is 0.111. The van der Waals surface area contributed by atoms with Crippen LogP contribution in [0, 0.1) is 0 Å². The summed E-state index contributed by atoms with van der Waals surface area (Å²) in [7, 11) is 0. The van der Waals surface area contributed by atoms with E-state index in [4.69, 9.17) is 0 Å².